The minimum absolute atomic E-state index is 0.0586. The normalized spacial score (nSPS) is 10.8. The molecule has 13 heteroatoms. The van der Waals surface area contributed by atoms with E-state index in [-0.39, 0.29) is 17.6 Å². The van der Waals surface area contributed by atoms with Crippen LogP contribution in [0.1, 0.15) is 5.56 Å². The smallest absolute Gasteiger partial charge is 0.264 e. The predicted octanol–water partition coefficient (Wildman–Crippen LogP) is 2.96. The highest BCUT2D eigenvalue weighted by molar-refractivity contribution is 9.10. The fourth-order valence-corrected chi connectivity index (χ4v) is 3.67. The highest BCUT2D eigenvalue weighted by Gasteiger charge is 2.14. The number of halogens is 1. The number of nitrogens with two attached hydrogens (primary N) is 1. The Morgan fingerprint density at radius 2 is 1.94 bits per heavy atom. The van der Waals surface area contributed by atoms with Gasteiger partial charge in [0.2, 0.25) is 11.1 Å². The number of ether oxygens (including phenoxy) is 3. The molecule has 1 aromatic heterocycles. The Kier molecular flexibility index (Phi) is 8.38. The van der Waals surface area contributed by atoms with Gasteiger partial charge in [-0.3, -0.25) is 4.79 Å². The van der Waals surface area contributed by atoms with Crippen LogP contribution in [0.2, 0.25) is 0 Å². The van der Waals surface area contributed by atoms with E-state index in [2.05, 4.69) is 42.0 Å². The average Bonchev–Trinajstić information content (AvgIpc) is 3.17. The molecule has 11 nitrogen and oxygen atoms in total. The van der Waals surface area contributed by atoms with Crippen LogP contribution in [-0.4, -0.2) is 54.1 Å². The monoisotopic (exact) mass is 535 g/mol. The molecule has 0 fully saturated rings. The minimum Gasteiger partial charge on any atom is -0.497 e. The molecule has 0 radical (unpaired) electrons. The molecule has 0 aliphatic rings. The van der Waals surface area contributed by atoms with Crippen molar-refractivity contribution in [2.75, 3.05) is 43.7 Å². The van der Waals surface area contributed by atoms with Gasteiger partial charge in [-0.05, 0) is 30.3 Å². The third-order valence-electron chi connectivity index (χ3n) is 4.24. The summed E-state index contributed by atoms with van der Waals surface area (Å²) < 4.78 is 17.8. The average molecular weight is 536 g/mol. The van der Waals surface area contributed by atoms with Gasteiger partial charge in [0.05, 0.1) is 39.0 Å². The maximum absolute atomic E-state index is 12.4. The maximum atomic E-state index is 12.4. The fraction of sp³-hybridized carbons (Fsp3) is 0.200. The van der Waals surface area contributed by atoms with Gasteiger partial charge >= 0.3 is 0 Å². The van der Waals surface area contributed by atoms with E-state index in [1.165, 1.54) is 11.8 Å². The predicted molar refractivity (Wildman–Crippen MR) is 131 cm³/mol. The first-order valence-corrected chi connectivity index (χ1v) is 11.2. The number of anilines is 2. The number of rotatable bonds is 10. The number of amides is 1. The number of nitrogens with one attached hydrogen (secondary N) is 2. The van der Waals surface area contributed by atoms with Crippen LogP contribution in [0.3, 0.4) is 0 Å². The molecule has 0 saturated heterocycles. The first kappa shape index (κ1) is 24.2. The van der Waals surface area contributed by atoms with Crippen molar-refractivity contribution in [2.45, 2.75) is 5.16 Å². The van der Waals surface area contributed by atoms with Crippen molar-refractivity contribution in [2.24, 2.45) is 5.10 Å². The summed E-state index contributed by atoms with van der Waals surface area (Å²) in [5, 5.41) is 15.2. The van der Waals surface area contributed by atoms with Gasteiger partial charge in [-0.2, -0.15) is 5.10 Å². The summed E-state index contributed by atoms with van der Waals surface area (Å²) in [6, 6.07) is 10.6. The van der Waals surface area contributed by atoms with Crippen molar-refractivity contribution in [1.82, 2.24) is 14.9 Å². The standard InChI is InChI=1S/C20H22BrN7O4S/c1-30-14-5-6-15(17(9-14)32-3)24-18(29)11-33-20-27-26-19(28(20)22)25-23-10-12-8-13(21)4-7-16(12)31-2/h4-10H,11,22H2,1-3H3,(H,24,29)(H,25,26)/b23-10+. The van der Waals surface area contributed by atoms with Crippen molar-refractivity contribution in [3.63, 3.8) is 0 Å². The van der Waals surface area contributed by atoms with Crippen molar-refractivity contribution < 1.29 is 19.0 Å². The van der Waals surface area contributed by atoms with E-state index in [1.54, 1.807) is 38.6 Å². The number of hydrogen-bond acceptors (Lipinski definition) is 10. The number of thioether (sulfide) groups is 1. The molecule has 3 aromatic rings. The highest BCUT2D eigenvalue weighted by Crippen LogP contribution is 2.29. The number of methoxy groups -OCH3 is 3. The van der Waals surface area contributed by atoms with Gasteiger partial charge in [0.1, 0.15) is 17.2 Å². The molecule has 174 valence electrons. The maximum Gasteiger partial charge on any atom is 0.264 e. The molecule has 1 heterocycles. The molecular weight excluding hydrogens is 514 g/mol. The van der Waals surface area contributed by atoms with Gasteiger partial charge in [0, 0.05) is 16.1 Å². The largest absolute Gasteiger partial charge is 0.497 e. The zero-order valence-corrected chi connectivity index (χ0v) is 20.4. The third-order valence-corrected chi connectivity index (χ3v) is 5.68. The van der Waals surface area contributed by atoms with Crippen LogP contribution in [0.4, 0.5) is 11.6 Å². The molecule has 0 spiro atoms. The third kappa shape index (κ3) is 6.29. The molecule has 0 unspecified atom stereocenters. The summed E-state index contributed by atoms with van der Waals surface area (Å²) >= 11 is 4.53. The zero-order chi connectivity index (χ0) is 23.8. The van der Waals surface area contributed by atoms with Gasteiger partial charge in [-0.1, -0.05) is 27.7 Å². The SMILES string of the molecule is COc1ccc(NC(=O)CSc2nnc(N/N=C/c3cc(Br)ccc3OC)n2N)c(OC)c1. The van der Waals surface area contributed by atoms with Crippen molar-refractivity contribution in [1.29, 1.82) is 0 Å². The molecular formula is C20H22BrN7O4S. The summed E-state index contributed by atoms with van der Waals surface area (Å²) in [6.45, 7) is 0. The summed E-state index contributed by atoms with van der Waals surface area (Å²) in [4.78, 5) is 12.4. The molecule has 0 bridgehead atoms. The fourth-order valence-electron chi connectivity index (χ4n) is 2.64. The number of nitrogen functional groups attached to an aromatic ring is 1. The Bertz CT molecular complexity index is 1160. The number of hydrogen-bond donors (Lipinski definition) is 3. The Balaban J connectivity index is 1.58. The van der Waals surface area contributed by atoms with Crippen LogP contribution >= 0.6 is 27.7 Å². The lowest BCUT2D eigenvalue weighted by Gasteiger charge is -2.11. The lowest BCUT2D eigenvalue weighted by atomic mass is 10.2. The van der Waals surface area contributed by atoms with E-state index < -0.39 is 0 Å². The first-order chi connectivity index (χ1) is 15.9. The second-order valence-electron chi connectivity index (χ2n) is 6.34. The Hall–Kier alpha value is -3.45. The molecule has 0 aliphatic heterocycles. The Morgan fingerprint density at radius 1 is 1.15 bits per heavy atom. The van der Waals surface area contributed by atoms with Crippen LogP contribution in [0.15, 0.2) is 51.1 Å². The molecule has 0 aliphatic carbocycles. The van der Waals surface area contributed by atoms with Crippen LogP contribution in [0.25, 0.3) is 0 Å². The van der Waals surface area contributed by atoms with Crippen LogP contribution < -0.4 is 30.8 Å². The van der Waals surface area contributed by atoms with Crippen LogP contribution in [0, 0.1) is 0 Å². The number of nitrogens with zero attached hydrogens (tertiary/aromatic N) is 4. The summed E-state index contributed by atoms with van der Waals surface area (Å²) in [5.74, 6) is 7.79. The second-order valence-corrected chi connectivity index (χ2v) is 8.19. The number of hydrazone groups is 1. The van der Waals surface area contributed by atoms with E-state index in [4.69, 9.17) is 20.1 Å². The van der Waals surface area contributed by atoms with Crippen molar-refractivity contribution in [3.05, 3.63) is 46.4 Å². The van der Waals surface area contributed by atoms with Crippen LogP contribution in [0.5, 0.6) is 17.2 Å². The lowest BCUT2D eigenvalue weighted by molar-refractivity contribution is -0.113. The topological polar surface area (TPSA) is 138 Å². The minimum atomic E-state index is -0.263. The molecule has 0 atom stereocenters. The van der Waals surface area contributed by atoms with Gasteiger partial charge in [-0.15, -0.1) is 10.2 Å². The molecule has 4 N–H and O–H groups in total. The molecule has 2 aromatic carbocycles. The molecule has 3 rings (SSSR count). The Morgan fingerprint density at radius 3 is 2.67 bits per heavy atom. The van der Waals surface area contributed by atoms with Gasteiger partial charge < -0.3 is 25.4 Å². The summed E-state index contributed by atoms with van der Waals surface area (Å²) in [5.41, 5.74) is 4.00. The molecule has 33 heavy (non-hydrogen) atoms. The zero-order valence-electron chi connectivity index (χ0n) is 18.0. The van der Waals surface area contributed by atoms with Crippen LogP contribution in [-0.2, 0) is 4.79 Å². The molecule has 0 saturated carbocycles. The van der Waals surface area contributed by atoms with Gasteiger partial charge in [-0.25, -0.2) is 10.1 Å². The van der Waals surface area contributed by atoms with Gasteiger partial charge in [0.25, 0.3) is 5.95 Å². The molecule has 1 amide bonds. The first-order valence-electron chi connectivity index (χ1n) is 9.43. The van der Waals surface area contributed by atoms with E-state index in [0.29, 0.717) is 28.1 Å². The van der Waals surface area contributed by atoms with Gasteiger partial charge in [0.15, 0.2) is 0 Å². The van der Waals surface area contributed by atoms with E-state index >= 15 is 0 Å². The number of carbonyl (C=O) groups excluding carboxylic acids is 1. The van der Waals surface area contributed by atoms with E-state index in [9.17, 15) is 4.79 Å². The lowest BCUT2D eigenvalue weighted by Crippen LogP contribution is -2.17. The quantitative estimate of drug-likeness (QED) is 0.155. The summed E-state index contributed by atoms with van der Waals surface area (Å²) in [6.07, 6.45) is 1.57. The number of aromatic nitrogens is 3. The number of benzene rings is 2. The number of carbonyl (C=O) groups is 1. The second kappa shape index (κ2) is 11.4. The Labute approximate surface area is 202 Å². The van der Waals surface area contributed by atoms with Crippen molar-refractivity contribution >= 4 is 51.4 Å². The summed E-state index contributed by atoms with van der Waals surface area (Å²) in [7, 11) is 4.65. The van der Waals surface area contributed by atoms with Crippen molar-refractivity contribution in [3.8, 4) is 17.2 Å². The van der Waals surface area contributed by atoms with E-state index in [1.807, 2.05) is 18.2 Å². The highest BCUT2D eigenvalue weighted by atomic mass is 79.9. The van der Waals surface area contributed by atoms with E-state index in [0.717, 1.165) is 21.8 Å².